The molecule has 30 heavy (non-hydrogen) atoms. The topological polar surface area (TPSA) is 20.2 Å². The molecule has 0 bridgehead atoms. The number of hydrogen-bond donors (Lipinski definition) is 1. The van der Waals surface area contributed by atoms with Crippen LogP contribution in [-0.2, 0) is 0 Å². The predicted octanol–water partition coefficient (Wildman–Crippen LogP) is 2.88. The molecule has 1 N–H and O–H groups in total. The molecular formula is C26H22OSe3. The van der Waals surface area contributed by atoms with E-state index in [0.717, 1.165) is 5.56 Å². The van der Waals surface area contributed by atoms with Crippen LogP contribution >= 0.6 is 0 Å². The van der Waals surface area contributed by atoms with Gasteiger partial charge in [0.25, 0.3) is 0 Å². The van der Waals surface area contributed by atoms with Gasteiger partial charge in [-0.3, -0.25) is 0 Å². The van der Waals surface area contributed by atoms with Crippen LogP contribution in [-0.4, -0.2) is 50.0 Å². The molecule has 0 aliphatic carbocycles. The van der Waals surface area contributed by atoms with E-state index < -0.39 is 6.10 Å². The van der Waals surface area contributed by atoms with Gasteiger partial charge in [-0.2, -0.15) is 0 Å². The van der Waals surface area contributed by atoms with E-state index in [4.69, 9.17) is 0 Å². The van der Waals surface area contributed by atoms with Crippen LogP contribution in [0.2, 0.25) is 2.11 Å². The van der Waals surface area contributed by atoms with Gasteiger partial charge in [0.15, 0.2) is 0 Å². The first-order valence-electron chi connectivity index (χ1n) is 9.70. The third kappa shape index (κ3) is 5.55. The summed E-state index contributed by atoms with van der Waals surface area (Å²) in [7, 11) is 0. The van der Waals surface area contributed by atoms with Crippen LogP contribution in [0.1, 0.15) is 11.7 Å². The summed E-state index contributed by atoms with van der Waals surface area (Å²) < 4.78 is 3.85. The van der Waals surface area contributed by atoms with E-state index in [2.05, 4.69) is 103 Å². The van der Waals surface area contributed by atoms with E-state index in [1.54, 1.807) is 0 Å². The number of hydrogen-bond acceptors (Lipinski definition) is 1. The second kappa shape index (κ2) is 10.6. The maximum absolute atomic E-state index is 11.9. The normalized spacial score (nSPS) is 12.4. The average Bonchev–Trinajstić information content (AvgIpc) is 2.81. The van der Waals surface area contributed by atoms with Gasteiger partial charge in [-0.1, -0.05) is 0 Å². The number of aliphatic hydroxyl groups excluding tert-OH is 1. The van der Waals surface area contributed by atoms with Crippen molar-refractivity contribution in [3.63, 3.8) is 0 Å². The fourth-order valence-corrected chi connectivity index (χ4v) is 16.4. The average molecular weight is 587 g/mol. The molecule has 0 amide bonds. The summed E-state index contributed by atoms with van der Waals surface area (Å²) in [5.41, 5.74) is 1.02. The summed E-state index contributed by atoms with van der Waals surface area (Å²) in [6.07, 6.45) is -0.501. The third-order valence-electron chi connectivity index (χ3n) is 4.46. The van der Waals surface area contributed by atoms with Crippen LogP contribution in [0.4, 0.5) is 0 Å². The molecule has 0 heterocycles. The molecule has 4 aromatic carbocycles. The fourth-order valence-electron chi connectivity index (χ4n) is 3.03. The molecule has 0 aliphatic heterocycles. The van der Waals surface area contributed by atoms with Gasteiger partial charge in [-0.25, -0.2) is 0 Å². The van der Waals surface area contributed by atoms with E-state index in [9.17, 15) is 5.11 Å². The summed E-state index contributed by atoms with van der Waals surface area (Å²) in [5, 5.41) is 11.9. The second-order valence-electron chi connectivity index (χ2n) is 6.66. The van der Waals surface area contributed by atoms with Gasteiger partial charge >= 0.3 is 198 Å². The van der Waals surface area contributed by atoms with Gasteiger partial charge in [0, 0.05) is 0 Å². The minimum atomic E-state index is -0.501. The van der Waals surface area contributed by atoms with E-state index in [0.29, 0.717) is 0 Å². The molecule has 0 aliphatic rings. The van der Waals surface area contributed by atoms with Gasteiger partial charge in [0.05, 0.1) is 0 Å². The van der Waals surface area contributed by atoms with Gasteiger partial charge in [-0.05, 0) is 0 Å². The molecular weight excluding hydrogens is 565 g/mol. The van der Waals surface area contributed by atoms with E-state index in [1.165, 1.54) is 13.4 Å². The van der Waals surface area contributed by atoms with Gasteiger partial charge in [-0.15, -0.1) is 0 Å². The number of benzene rings is 4. The van der Waals surface area contributed by atoms with Crippen molar-refractivity contribution in [2.75, 3.05) is 0 Å². The Morgan fingerprint density at radius 3 is 1.10 bits per heavy atom. The standard InChI is InChI=1S/C26H22OSe3/c27-25(21-13-5-1-6-14-21)26(28-22-15-7-2-8-16-22,29-23-17-9-3-10-18-23)30-24-19-11-4-12-20-24/h1-20,25,27H. The van der Waals surface area contributed by atoms with Gasteiger partial charge in [0.1, 0.15) is 0 Å². The Morgan fingerprint density at radius 2 is 0.767 bits per heavy atom. The molecule has 1 atom stereocenters. The Kier molecular flexibility index (Phi) is 7.66. The first-order valence-corrected chi connectivity index (χ1v) is 14.8. The van der Waals surface area contributed by atoms with Crippen molar-refractivity contribution in [3.8, 4) is 0 Å². The summed E-state index contributed by atoms with van der Waals surface area (Å²) in [4.78, 5) is 0. The van der Waals surface area contributed by atoms with Crippen LogP contribution in [0, 0.1) is 0 Å². The van der Waals surface area contributed by atoms with E-state index in [1.807, 2.05) is 18.2 Å². The van der Waals surface area contributed by atoms with Crippen LogP contribution in [0.3, 0.4) is 0 Å². The number of aliphatic hydroxyl groups is 1. The molecule has 4 aromatic rings. The van der Waals surface area contributed by atoms with E-state index in [-0.39, 0.29) is 47.0 Å². The van der Waals surface area contributed by atoms with Crippen molar-refractivity contribution in [2.45, 2.75) is 8.21 Å². The SMILES string of the molecule is OC(c1ccccc1)C([Se]c1ccccc1)([Se]c1ccccc1)[Se]c1ccccc1. The minimum absolute atomic E-state index is 0.120. The zero-order valence-electron chi connectivity index (χ0n) is 16.3. The predicted molar refractivity (Wildman–Crippen MR) is 130 cm³/mol. The van der Waals surface area contributed by atoms with Crippen LogP contribution in [0.5, 0.6) is 0 Å². The van der Waals surface area contributed by atoms with E-state index >= 15 is 0 Å². The Labute approximate surface area is 197 Å². The zero-order chi connectivity index (χ0) is 20.7. The fraction of sp³-hybridized carbons (Fsp3) is 0.0769. The summed E-state index contributed by atoms with van der Waals surface area (Å²) in [6, 6.07) is 42.4. The monoisotopic (exact) mass is 590 g/mol. The Bertz CT molecular complexity index is 923. The van der Waals surface area contributed by atoms with Crippen molar-refractivity contribution in [1.29, 1.82) is 0 Å². The molecule has 0 aromatic heterocycles. The molecule has 0 saturated carbocycles. The first kappa shape index (κ1) is 21.6. The molecule has 0 fully saturated rings. The Morgan fingerprint density at radius 1 is 0.467 bits per heavy atom. The van der Waals surface area contributed by atoms with Crippen molar-refractivity contribution in [1.82, 2.24) is 0 Å². The van der Waals surface area contributed by atoms with Gasteiger partial charge in [0.2, 0.25) is 0 Å². The van der Waals surface area contributed by atoms with Crippen molar-refractivity contribution < 1.29 is 5.11 Å². The third-order valence-corrected chi connectivity index (χ3v) is 16.3. The molecule has 0 saturated heterocycles. The van der Waals surface area contributed by atoms with Crippen LogP contribution < -0.4 is 13.4 Å². The molecule has 4 rings (SSSR count). The Hall–Kier alpha value is -1.60. The van der Waals surface area contributed by atoms with Crippen molar-refractivity contribution in [3.05, 3.63) is 127 Å². The molecule has 0 spiro atoms. The van der Waals surface area contributed by atoms with Crippen LogP contribution in [0.25, 0.3) is 0 Å². The summed E-state index contributed by atoms with van der Waals surface area (Å²) in [5.74, 6) is 0. The molecule has 1 nitrogen and oxygen atoms in total. The molecule has 4 heteroatoms. The number of rotatable bonds is 8. The van der Waals surface area contributed by atoms with Gasteiger partial charge < -0.3 is 0 Å². The Balaban J connectivity index is 1.81. The second-order valence-corrected chi connectivity index (χ2v) is 18.9. The quantitative estimate of drug-likeness (QED) is 0.315. The molecule has 150 valence electrons. The van der Waals surface area contributed by atoms with Crippen molar-refractivity contribution in [2.24, 2.45) is 0 Å². The molecule has 0 radical (unpaired) electrons. The van der Waals surface area contributed by atoms with Crippen molar-refractivity contribution >= 4 is 58.3 Å². The summed E-state index contributed by atoms with van der Waals surface area (Å²) in [6.45, 7) is 0. The van der Waals surface area contributed by atoms with Crippen LogP contribution in [0.15, 0.2) is 121 Å². The zero-order valence-corrected chi connectivity index (χ0v) is 21.4. The summed E-state index contributed by atoms with van der Waals surface area (Å²) >= 11 is 0.361. The maximum atomic E-state index is 11.9. The first-order chi connectivity index (χ1) is 14.8. The molecule has 1 unspecified atom stereocenters.